The molecule has 1 aromatic heterocycles. The standard InChI is InChI=1S/C12H11NO4/c1-7-3-4-8(5-10(7)16-2)11-9(12(14)15)6-13-17-11/h3-6H,1-2H3,(H,14,15). The molecule has 88 valence electrons. The highest BCUT2D eigenvalue weighted by atomic mass is 16.5. The highest BCUT2D eigenvalue weighted by Crippen LogP contribution is 2.29. The van der Waals surface area contributed by atoms with Crippen LogP contribution in [0.3, 0.4) is 0 Å². The van der Waals surface area contributed by atoms with Crippen LogP contribution in [0.15, 0.2) is 28.9 Å². The van der Waals surface area contributed by atoms with Crippen molar-refractivity contribution in [3.05, 3.63) is 35.5 Å². The van der Waals surface area contributed by atoms with Crippen LogP contribution < -0.4 is 4.74 Å². The predicted octanol–water partition coefficient (Wildman–Crippen LogP) is 2.36. The largest absolute Gasteiger partial charge is 0.496 e. The van der Waals surface area contributed by atoms with Crippen LogP contribution in [0.2, 0.25) is 0 Å². The Kier molecular flexibility index (Phi) is 2.82. The number of hydrogen-bond donors (Lipinski definition) is 1. The maximum atomic E-state index is 10.9. The van der Waals surface area contributed by atoms with Gasteiger partial charge in [-0.05, 0) is 18.6 Å². The average Bonchev–Trinajstić information content (AvgIpc) is 2.78. The lowest BCUT2D eigenvalue weighted by molar-refractivity contribution is 0.0697. The molecule has 0 amide bonds. The first kappa shape index (κ1) is 11.2. The van der Waals surface area contributed by atoms with E-state index in [0.717, 1.165) is 5.56 Å². The number of carbonyl (C=O) groups is 1. The molecule has 5 heteroatoms. The molecular formula is C12H11NO4. The van der Waals surface area contributed by atoms with Crippen molar-refractivity contribution in [1.82, 2.24) is 5.16 Å². The van der Waals surface area contributed by atoms with Gasteiger partial charge in [0, 0.05) is 5.56 Å². The Morgan fingerprint density at radius 1 is 1.47 bits per heavy atom. The molecule has 0 saturated heterocycles. The van der Waals surface area contributed by atoms with Gasteiger partial charge < -0.3 is 14.4 Å². The van der Waals surface area contributed by atoms with Crippen LogP contribution in [0.1, 0.15) is 15.9 Å². The molecule has 0 aliphatic carbocycles. The quantitative estimate of drug-likeness (QED) is 0.880. The van der Waals surface area contributed by atoms with E-state index in [1.165, 1.54) is 6.20 Å². The summed E-state index contributed by atoms with van der Waals surface area (Å²) in [7, 11) is 1.56. The lowest BCUT2D eigenvalue weighted by atomic mass is 10.1. The molecule has 1 heterocycles. The number of rotatable bonds is 3. The summed E-state index contributed by atoms with van der Waals surface area (Å²) in [4.78, 5) is 10.9. The fraction of sp³-hybridized carbons (Fsp3) is 0.167. The summed E-state index contributed by atoms with van der Waals surface area (Å²) in [5.41, 5.74) is 1.63. The molecule has 2 aromatic rings. The van der Waals surface area contributed by atoms with E-state index in [4.69, 9.17) is 14.4 Å². The Morgan fingerprint density at radius 2 is 2.24 bits per heavy atom. The number of aromatic nitrogens is 1. The van der Waals surface area contributed by atoms with Crippen molar-refractivity contribution in [3.8, 4) is 17.1 Å². The molecule has 1 aromatic carbocycles. The summed E-state index contributed by atoms with van der Waals surface area (Å²) in [5, 5.41) is 12.5. The third-order valence-electron chi connectivity index (χ3n) is 2.47. The number of carboxylic acid groups (broad SMARTS) is 1. The molecule has 17 heavy (non-hydrogen) atoms. The zero-order valence-corrected chi connectivity index (χ0v) is 9.43. The zero-order chi connectivity index (χ0) is 12.4. The number of aromatic carboxylic acids is 1. The minimum atomic E-state index is -1.07. The number of aryl methyl sites for hydroxylation is 1. The molecule has 0 atom stereocenters. The number of hydrogen-bond acceptors (Lipinski definition) is 4. The molecule has 0 fully saturated rings. The first-order valence-electron chi connectivity index (χ1n) is 4.96. The molecule has 0 aliphatic rings. The molecule has 0 unspecified atom stereocenters. The van der Waals surface area contributed by atoms with Crippen LogP contribution >= 0.6 is 0 Å². The van der Waals surface area contributed by atoms with E-state index in [9.17, 15) is 4.79 Å². The van der Waals surface area contributed by atoms with Crippen LogP contribution in [0.4, 0.5) is 0 Å². The number of methoxy groups -OCH3 is 1. The van der Waals surface area contributed by atoms with Crippen molar-refractivity contribution >= 4 is 5.97 Å². The van der Waals surface area contributed by atoms with E-state index < -0.39 is 5.97 Å². The van der Waals surface area contributed by atoms with Gasteiger partial charge in [-0.1, -0.05) is 17.3 Å². The maximum Gasteiger partial charge on any atom is 0.341 e. The highest BCUT2D eigenvalue weighted by molar-refractivity contribution is 5.94. The summed E-state index contributed by atoms with van der Waals surface area (Å²) in [6.45, 7) is 1.90. The van der Waals surface area contributed by atoms with Gasteiger partial charge in [0.2, 0.25) is 0 Å². The zero-order valence-electron chi connectivity index (χ0n) is 9.43. The lowest BCUT2D eigenvalue weighted by Gasteiger charge is -2.06. The molecular weight excluding hydrogens is 222 g/mol. The van der Waals surface area contributed by atoms with Gasteiger partial charge in [-0.15, -0.1) is 0 Å². The number of nitrogens with zero attached hydrogens (tertiary/aromatic N) is 1. The maximum absolute atomic E-state index is 10.9. The number of benzene rings is 1. The van der Waals surface area contributed by atoms with Gasteiger partial charge >= 0.3 is 5.97 Å². The molecule has 0 spiro atoms. The smallest absolute Gasteiger partial charge is 0.341 e. The van der Waals surface area contributed by atoms with E-state index in [2.05, 4.69) is 5.16 Å². The normalized spacial score (nSPS) is 10.2. The SMILES string of the molecule is COc1cc(-c2oncc2C(=O)O)ccc1C. The van der Waals surface area contributed by atoms with Gasteiger partial charge in [-0.2, -0.15) is 0 Å². The van der Waals surface area contributed by atoms with Crippen molar-refractivity contribution < 1.29 is 19.2 Å². The van der Waals surface area contributed by atoms with Crippen molar-refractivity contribution in [2.24, 2.45) is 0 Å². The summed E-state index contributed by atoms with van der Waals surface area (Å²) < 4.78 is 10.1. The van der Waals surface area contributed by atoms with E-state index in [1.807, 2.05) is 13.0 Å². The van der Waals surface area contributed by atoms with E-state index in [0.29, 0.717) is 11.3 Å². The Hall–Kier alpha value is -2.30. The van der Waals surface area contributed by atoms with Crippen molar-refractivity contribution in [1.29, 1.82) is 0 Å². The van der Waals surface area contributed by atoms with Crippen LogP contribution in [-0.4, -0.2) is 23.3 Å². The van der Waals surface area contributed by atoms with Crippen LogP contribution in [-0.2, 0) is 0 Å². The fourth-order valence-electron chi connectivity index (χ4n) is 1.56. The number of carboxylic acids is 1. The molecule has 0 bridgehead atoms. The second kappa shape index (κ2) is 4.29. The second-order valence-corrected chi connectivity index (χ2v) is 3.56. The Balaban J connectivity index is 2.53. The van der Waals surface area contributed by atoms with E-state index >= 15 is 0 Å². The van der Waals surface area contributed by atoms with E-state index in [-0.39, 0.29) is 11.3 Å². The van der Waals surface area contributed by atoms with Crippen LogP contribution in [0, 0.1) is 6.92 Å². The topological polar surface area (TPSA) is 72.6 Å². The van der Waals surface area contributed by atoms with Gasteiger partial charge in [0.05, 0.1) is 13.3 Å². The van der Waals surface area contributed by atoms with Crippen LogP contribution in [0.25, 0.3) is 11.3 Å². The lowest BCUT2D eigenvalue weighted by Crippen LogP contribution is -1.96. The molecule has 0 aliphatic heterocycles. The first-order chi connectivity index (χ1) is 8.13. The summed E-state index contributed by atoms with van der Waals surface area (Å²) >= 11 is 0. The van der Waals surface area contributed by atoms with Crippen molar-refractivity contribution in [2.75, 3.05) is 7.11 Å². The number of ether oxygens (including phenoxy) is 1. The first-order valence-corrected chi connectivity index (χ1v) is 4.96. The minimum Gasteiger partial charge on any atom is -0.496 e. The Bertz CT molecular complexity index is 559. The monoisotopic (exact) mass is 233 g/mol. The fourth-order valence-corrected chi connectivity index (χ4v) is 1.56. The second-order valence-electron chi connectivity index (χ2n) is 3.56. The third-order valence-corrected chi connectivity index (χ3v) is 2.47. The van der Waals surface area contributed by atoms with Gasteiger partial charge in [0.15, 0.2) is 5.76 Å². The van der Waals surface area contributed by atoms with Gasteiger partial charge in [-0.25, -0.2) is 4.79 Å². The molecule has 5 nitrogen and oxygen atoms in total. The van der Waals surface area contributed by atoms with Crippen molar-refractivity contribution in [3.63, 3.8) is 0 Å². The summed E-state index contributed by atoms with van der Waals surface area (Å²) in [6, 6.07) is 5.33. The Labute approximate surface area is 97.6 Å². The average molecular weight is 233 g/mol. The minimum absolute atomic E-state index is 0.0379. The highest BCUT2D eigenvalue weighted by Gasteiger charge is 2.17. The molecule has 2 rings (SSSR count). The van der Waals surface area contributed by atoms with Crippen molar-refractivity contribution in [2.45, 2.75) is 6.92 Å². The van der Waals surface area contributed by atoms with Gasteiger partial charge in [-0.3, -0.25) is 0 Å². The molecule has 1 N–H and O–H groups in total. The Morgan fingerprint density at radius 3 is 2.88 bits per heavy atom. The van der Waals surface area contributed by atoms with Crippen LogP contribution in [0.5, 0.6) is 5.75 Å². The molecule has 0 radical (unpaired) electrons. The summed E-state index contributed by atoms with van der Waals surface area (Å²) in [6.07, 6.45) is 1.18. The van der Waals surface area contributed by atoms with E-state index in [1.54, 1.807) is 19.2 Å². The third kappa shape index (κ3) is 1.99. The van der Waals surface area contributed by atoms with Gasteiger partial charge in [0.1, 0.15) is 11.3 Å². The predicted molar refractivity (Wildman–Crippen MR) is 60.2 cm³/mol. The van der Waals surface area contributed by atoms with Gasteiger partial charge in [0.25, 0.3) is 0 Å². The summed E-state index contributed by atoms with van der Waals surface area (Å²) in [5.74, 6) is -0.160. The molecule has 0 saturated carbocycles.